The highest BCUT2D eigenvalue weighted by atomic mass is 16.2. The Morgan fingerprint density at radius 3 is 2.95 bits per heavy atom. The molecule has 1 heterocycles. The largest absolute Gasteiger partial charge is 0.352 e. The molecule has 6 nitrogen and oxygen atoms in total. The monoisotopic (exact) mass is 272 g/mol. The Kier molecular flexibility index (Phi) is 3.14. The number of nitrogens with zero attached hydrogens (tertiary/aromatic N) is 1. The van der Waals surface area contributed by atoms with E-state index in [1.165, 1.54) is 0 Å². The maximum Gasteiger partial charge on any atom is 0.251 e. The molecule has 104 valence electrons. The number of aromatic amines is 1. The molecular formula is C14H16N4O2. The second-order valence-corrected chi connectivity index (χ2v) is 5.11. The van der Waals surface area contributed by atoms with Gasteiger partial charge in [-0.15, -0.1) is 0 Å². The molecule has 6 heteroatoms. The lowest BCUT2D eigenvalue weighted by Gasteiger charge is -2.13. The molecule has 0 spiro atoms. The SMILES string of the molecule is CC(NC(=O)c1ccc2nc[nH]c2c1)C(=O)NC1CC1. The van der Waals surface area contributed by atoms with Gasteiger partial charge in [0.1, 0.15) is 6.04 Å². The van der Waals surface area contributed by atoms with Crippen LogP contribution in [0.3, 0.4) is 0 Å². The van der Waals surface area contributed by atoms with Crippen molar-refractivity contribution in [1.82, 2.24) is 20.6 Å². The molecular weight excluding hydrogens is 256 g/mol. The van der Waals surface area contributed by atoms with Crippen LogP contribution in [-0.4, -0.2) is 33.9 Å². The molecule has 1 saturated carbocycles. The highest BCUT2D eigenvalue weighted by Crippen LogP contribution is 2.18. The number of H-pyrrole nitrogens is 1. The summed E-state index contributed by atoms with van der Waals surface area (Å²) in [4.78, 5) is 30.9. The van der Waals surface area contributed by atoms with Crippen LogP contribution in [0.2, 0.25) is 0 Å². The normalized spacial score (nSPS) is 15.8. The number of hydrogen-bond donors (Lipinski definition) is 3. The topological polar surface area (TPSA) is 86.9 Å². The van der Waals surface area contributed by atoms with Gasteiger partial charge in [0, 0.05) is 11.6 Å². The smallest absolute Gasteiger partial charge is 0.251 e. The van der Waals surface area contributed by atoms with Gasteiger partial charge in [-0.1, -0.05) is 0 Å². The van der Waals surface area contributed by atoms with Gasteiger partial charge in [-0.3, -0.25) is 9.59 Å². The highest BCUT2D eigenvalue weighted by Gasteiger charge is 2.26. The summed E-state index contributed by atoms with van der Waals surface area (Å²) in [7, 11) is 0. The molecule has 0 bridgehead atoms. The number of carbonyl (C=O) groups is 2. The number of fused-ring (bicyclic) bond motifs is 1. The average Bonchev–Trinajstić information content (AvgIpc) is 3.12. The van der Waals surface area contributed by atoms with Crippen molar-refractivity contribution in [2.24, 2.45) is 0 Å². The fourth-order valence-electron chi connectivity index (χ4n) is 1.98. The first kappa shape index (κ1) is 12.7. The van der Waals surface area contributed by atoms with Crippen molar-refractivity contribution < 1.29 is 9.59 Å². The Morgan fingerprint density at radius 2 is 2.20 bits per heavy atom. The van der Waals surface area contributed by atoms with Crippen LogP contribution in [0.15, 0.2) is 24.5 Å². The number of imidazole rings is 1. The summed E-state index contributed by atoms with van der Waals surface area (Å²) < 4.78 is 0. The van der Waals surface area contributed by atoms with E-state index in [4.69, 9.17) is 0 Å². The molecule has 0 radical (unpaired) electrons. The van der Waals surface area contributed by atoms with Gasteiger partial charge in [0.15, 0.2) is 0 Å². The van der Waals surface area contributed by atoms with Crippen molar-refractivity contribution in [2.75, 3.05) is 0 Å². The average molecular weight is 272 g/mol. The zero-order chi connectivity index (χ0) is 14.1. The third kappa shape index (κ3) is 2.64. The van der Waals surface area contributed by atoms with E-state index < -0.39 is 6.04 Å². The van der Waals surface area contributed by atoms with E-state index in [1.54, 1.807) is 31.5 Å². The van der Waals surface area contributed by atoms with E-state index >= 15 is 0 Å². The Labute approximate surface area is 116 Å². The molecule has 20 heavy (non-hydrogen) atoms. The quantitative estimate of drug-likeness (QED) is 0.774. The number of benzene rings is 1. The molecule has 2 amide bonds. The van der Waals surface area contributed by atoms with Crippen molar-refractivity contribution in [1.29, 1.82) is 0 Å². The lowest BCUT2D eigenvalue weighted by atomic mass is 10.1. The fraction of sp³-hybridized carbons (Fsp3) is 0.357. The third-order valence-corrected chi connectivity index (χ3v) is 3.35. The Balaban J connectivity index is 1.66. The molecule has 1 aromatic heterocycles. The van der Waals surface area contributed by atoms with Gasteiger partial charge < -0.3 is 15.6 Å². The molecule has 1 aliphatic rings. The minimum atomic E-state index is -0.541. The van der Waals surface area contributed by atoms with Gasteiger partial charge in [0.25, 0.3) is 5.91 Å². The van der Waals surface area contributed by atoms with E-state index in [1.807, 2.05) is 0 Å². The van der Waals surface area contributed by atoms with Crippen LogP contribution >= 0.6 is 0 Å². The van der Waals surface area contributed by atoms with Crippen LogP contribution in [0.25, 0.3) is 11.0 Å². The van der Waals surface area contributed by atoms with Crippen LogP contribution < -0.4 is 10.6 Å². The molecule has 2 aromatic rings. The standard InChI is InChI=1S/C14H16N4O2/c1-8(13(19)18-10-3-4-10)17-14(20)9-2-5-11-12(6-9)16-7-15-11/h2,5-8,10H,3-4H2,1H3,(H,15,16)(H,17,20)(H,18,19). The number of aromatic nitrogens is 2. The van der Waals surface area contributed by atoms with E-state index in [0.717, 1.165) is 23.9 Å². The van der Waals surface area contributed by atoms with Crippen LogP contribution in [-0.2, 0) is 4.79 Å². The number of hydrogen-bond acceptors (Lipinski definition) is 3. The van der Waals surface area contributed by atoms with Gasteiger partial charge in [-0.05, 0) is 38.0 Å². The maximum atomic E-state index is 12.1. The fourth-order valence-corrected chi connectivity index (χ4v) is 1.98. The molecule has 1 fully saturated rings. The summed E-state index contributed by atoms with van der Waals surface area (Å²) in [5.41, 5.74) is 2.11. The summed E-state index contributed by atoms with van der Waals surface area (Å²) in [5.74, 6) is -0.400. The summed E-state index contributed by atoms with van der Waals surface area (Å²) in [6.07, 6.45) is 3.64. The Bertz CT molecular complexity index is 660. The zero-order valence-electron chi connectivity index (χ0n) is 11.1. The first-order chi connectivity index (χ1) is 9.63. The van der Waals surface area contributed by atoms with Crippen molar-refractivity contribution in [2.45, 2.75) is 31.8 Å². The third-order valence-electron chi connectivity index (χ3n) is 3.35. The lowest BCUT2D eigenvalue weighted by Crippen LogP contribution is -2.45. The van der Waals surface area contributed by atoms with Crippen LogP contribution in [0, 0.1) is 0 Å². The lowest BCUT2D eigenvalue weighted by molar-refractivity contribution is -0.122. The second kappa shape index (κ2) is 4.96. The van der Waals surface area contributed by atoms with Gasteiger partial charge >= 0.3 is 0 Å². The Hall–Kier alpha value is -2.37. The molecule has 1 aromatic carbocycles. The predicted octanol–water partition coefficient (Wildman–Crippen LogP) is 0.960. The predicted molar refractivity (Wildman–Crippen MR) is 74.2 cm³/mol. The van der Waals surface area contributed by atoms with E-state index in [0.29, 0.717) is 11.6 Å². The van der Waals surface area contributed by atoms with Crippen LogP contribution in [0.1, 0.15) is 30.1 Å². The van der Waals surface area contributed by atoms with Crippen molar-refractivity contribution in [3.05, 3.63) is 30.1 Å². The van der Waals surface area contributed by atoms with Gasteiger partial charge in [-0.25, -0.2) is 4.98 Å². The van der Waals surface area contributed by atoms with Crippen LogP contribution in [0.5, 0.6) is 0 Å². The van der Waals surface area contributed by atoms with Gasteiger partial charge in [-0.2, -0.15) is 0 Å². The van der Waals surface area contributed by atoms with Gasteiger partial charge in [0.05, 0.1) is 17.4 Å². The van der Waals surface area contributed by atoms with E-state index in [2.05, 4.69) is 20.6 Å². The number of amides is 2. The maximum absolute atomic E-state index is 12.1. The summed E-state index contributed by atoms with van der Waals surface area (Å²) in [6.45, 7) is 1.68. The number of carbonyl (C=O) groups excluding carboxylic acids is 2. The number of nitrogens with one attached hydrogen (secondary N) is 3. The summed E-state index contributed by atoms with van der Waals surface area (Å²) in [5, 5.41) is 5.57. The molecule has 1 aliphatic carbocycles. The summed E-state index contributed by atoms with van der Waals surface area (Å²) in [6, 6.07) is 4.95. The molecule has 1 atom stereocenters. The molecule has 3 N–H and O–H groups in total. The van der Waals surface area contributed by atoms with Crippen LogP contribution in [0.4, 0.5) is 0 Å². The van der Waals surface area contributed by atoms with Gasteiger partial charge in [0.2, 0.25) is 5.91 Å². The minimum Gasteiger partial charge on any atom is -0.352 e. The van der Waals surface area contributed by atoms with Crippen molar-refractivity contribution >= 4 is 22.8 Å². The summed E-state index contributed by atoms with van der Waals surface area (Å²) >= 11 is 0. The molecule has 0 aliphatic heterocycles. The minimum absolute atomic E-state index is 0.136. The van der Waals surface area contributed by atoms with Crippen molar-refractivity contribution in [3.63, 3.8) is 0 Å². The van der Waals surface area contributed by atoms with E-state index in [9.17, 15) is 9.59 Å². The molecule has 0 saturated heterocycles. The zero-order valence-corrected chi connectivity index (χ0v) is 11.1. The second-order valence-electron chi connectivity index (χ2n) is 5.11. The first-order valence-corrected chi connectivity index (χ1v) is 6.68. The van der Waals surface area contributed by atoms with E-state index in [-0.39, 0.29) is 11.8 Å². The first-order valence-electron chi connectivity index (χ1n) is 6.68. The number of rotatable bonds is 4. The molecule has 1 unspecified atom stereocenters. The highest BCUT2D eigenvalue weighted by molar-refractivity contribution is 5.99. The molecule has 3 rings (SSSR count). The van der Waals surface area contributed by atoms with Crippen molar-refractivity contribution in [3.8, 4) is 0 Å². The Morgan fingerprint density at radius 1 is 1.40 bits per heavy atom.